The Hall–Kier alpha value is -0.346. The second-order valence-corrected chi connectivity index (χ2v) is 25.8. The fraction of sp³-hybridized carbons (Fsp3) is 0.879. The van der Waals surface area contributed by atoms with Crippen LogP contribution in [0.4, 0.5) is 0 Å². The van der Waals surface area contributed by atoms with Crippen LogP contribution in [0.1, 0.15) is 89.5 Å². The van der Waals surface area contributed by atoms with E-state index in [0.29, 0.717) is 52.1 Å². The van der Waals surface area contributed by atoms with Crippen LogP contribution in [0.3, 0.4) is 0 Å². The van der Waals surface area contributed by atoms with E-state index < -0.39 is 16.1 Å². The van der Waals surface area contributed by atoms with Crippen molar-refractivity contribution in [3.63, 3.8) is 0 Å². The topological polar surface area (TPSA) is 18.5 Å². The van der Waals surface area contributed by atoms with Crippen molar-refractivity contribution in [3.05, 3.63) is 11.8 Å². The van der Waals surface area contributed by atoms with E-state index in [4.69, 9.17) is 9.47 Å². The summed E-state index contributed by atoms with van der Waals surface area (Å²) in [6.45, 7) is 31.2. The van der Waals surface area contributed by atoms with E-state index in [0.717, 1.165) is 29.8 Å². The molecule has 0 aliphatic heterocycles. The van der Waals surface area contributed by atoms with Crippen LogP contribution in [0.15, 0.2) is 11.8 Å². The SMILES string of the molecule is COCC1C2CC(C(/C=C/[Si](C(C)C)(C(C)C)C(C)C)C2C#C[Si](C(C)C)(C(C)C)C(C)C)C1COC. The van der Waals surface area contributed by atoms with E-state index in [2.05, 4.69) is 106 Å². The molecule has 0 N–H and O–H groups in total. The summed E-state index contributed by atoms with van der Waals surface area (Å²) in [5.74, 6) is 7.53. The Morgan fingerprint density at radius 3 is 1.49 bits per heavy atom. The fourth-order valence-corrected chi connectivity index (χ4v) is 20.5. The van der Waals surface area contributed by atoms with Gasteiger partial charge in [0.2, 0.25) is 0 Å². The number of allylic oxidation sites excluding steroid dienone is 1. The molecule has 4 heteroatoms. The molecule has 2 aliphatic rings. The first-order valence-corrected chi connectivity index (χ1v) is 20.0. The predicted octanol–water partition coefficient (Wildman–Crippen LogP) is 9.39. The molecule has 0 radical (unpaired) electrons. The van der Waals surface area contributed by atoms with Crippen molar-refractivity contribution in [2.75, 3.05) is 27.4 Å². The minimum Gasteiger partial charge on any atom is -0.384 e. The molecule has 214 valence electrons. The zero-order chi connectivity index (χ0) is 28.3. The molecular formula is C33H62O2Si2. The molecule has 6 unspecified atom stereocenters. The lowest BCUT2D eigenvalue weighted by molar-refractivity contribution is 0.0187. The van der Waals surface area contributed by atoms with E-state index in [1.807, 2.05) is 14.2 Å². The quantitative estimate of drug-likeness (QED) is 0.179. The van der Waals surface area contributed by atoms with Crippen molar-refractivity contribution in [2.24, 2.45) is 35.5 Å². The number of fused-ring (bicyclic) bond motifs is 2. The van der Waals surface area contributed by atoms with Crippen LogP contribution in [-0.4, -0.2) is 43.6 Å². The van der Waals surface area contributed by atoms with E-state index >= 15 is 0 Å². The van der Waals surface area contributed by atoms with E-state index in [-0.39, 0.29) is 0 Å². The van der Waals surface area contributed by atoms with Gasteiger partial charge in [-0.15, -0.1) is 11.5 Å². The Bertz CT molecular complexity index is 757. The van der Waals surface area contributed by atoms with E-state index in [1.165, 1.54) is 6.42 Å². The lowest BCUT2D eigenvalue weighted by Gasteiger charge is -2.42. The largest absolute Gasteiger partial charge is 0.384 e. The minimum atomic E-state index is -1.77. The van der Waals surface area contributed by atoms with Crippen molar-refractivity contribution in [1.29, 1.82) is 0 Å². The molecule has 2 fully saturated rings. The first kappa shape index (κ1) is 32.9. The third-order valence-corrected chi connectivity index (χ3v) is 24.3. The normalized spacial score (nSPS) is 28.6. The molecule has 0 spiro atoms. The van der Waals surface area contributed by atoms with Crippen LogP contribution in [0, 0.1) is 47.0 Å². The maximum atomic E-state index is 5.81. The number of rotatable bonds is 12. The molecule has 2 saturated carbocycles. The summed E-state index contributed by atoms with van der Waals surface area (Å²) in [6.07, 6.45) is 4.00. The summed E-state index contributed by atoms with van der Waals surface area (Å²) in [5, 5.41) is 0. The molecule has 2 aliphatic carbocycles. The van der Waals surface area contributed by atoms with Crippen LogP contribution in [0.25, 0.3) is 0 Å². The van der Waals surface area contributed by atoms with Crippen molar-refractivity contribution in [1.82, 2.24) is 0 Å². The van der Waals surface area contributed by atoms with Crippen molar-refractivity contribution >= 4 is 16.1 Å². The average Bonchev–Trinajstić information content (AvgIpc) is 3.30. The summed E-state index contributed by atoms with van der Waals surface area (Å²) < 4.78 is 11.6. The van der Waals surface area contributed by atoms with Gasteiger partial charge >= 0.3 is 0 Å². The van der Waals surface area contributed by atoms with Gasteiger partial charge in [0.25, 0.3) is 0 Å². The highest BCUT2D eigenvalue weighted by atomic mass is 28.3. The van der Waals surface area contributed by atoms with Crippen LogP contribution < -0.4 is 0 Å². The van der Waals surface area contributed by atoms with Gasteiger partial charge in [-0.25, -0.2) is 0 Å². The van der Waals surface area contributed by atoms with Crippen molar-refractivity contribution in [2.45, 2.75) is 123 Å². The van der Waals surface area contributed by atoms with Gasteiger partial charge in [0, 0.05) is 33.4 Å². The molecule has 0 saturated heterocycles. The third kappa shape index (κ3) is 6.06. The van der Waals surface area contributed by atoms with Gasteiger partial charge in [-0.3, -0.25) is 0 Å². The molecule has 0 aromatic carbocycles. The molecule has 6 atom stereocenters. The minimum absolute atomic E-state index is 0.454. The van der Waals surface area contributed by atoms with Crippen molar-refractivity contribution in [3.8, 4) is 11.5 Å². The summed E-state index contributed by atoms with van der Waals surface area (Å²) in [5.41, 5.74) is 11.2. The van der Waals surface area contributed by atoms with Gasteiger partial charge in [0.1, 0.15) is 8.07 Å². The Kier molecular flexibility index (Phi) is 11.8. The Labute approximate surface area is 234 Å². The third-order valence-electron chi connectivity index (χ3n) is 11.2. The standard InChI is InChI=1S/C33H62O2Si2/c1-22(2)36(23(3)4,24(5)6)17-15-28-29(16-18-37(25(7)8,26(9)10)27(11)12)31-19-30(28)32(20-34-13)33(31)21-35-14/h15,17,22-33H,19-21H2,1-14H3/b17-15+. The molecule has 2 nitrogen and oxygen atoms in total. The maximum Gasteiger partial charge on any atom is 0.145 e. The van der Waals surface area contributed by atoms with Gasteiger partial charge in [0.15, 0.2) is 0 Å². The first-order chi connectivity index (χ1) is 17.2. The number of ether oxygens (including phenoxy) is 2. The lowest BCUT2D eigenvalue weighted by Crippen LogP contribution is -2.44. The molecular weight excluding hydrogens is 485 g/mol. The molecule has 0 amide bonds. The average molecular weight is 547 g/mol. The number of hydrogen-bond acceptors (Lipinski definition) is 2. The molecule has 2 rings (SSSR count). The zero-order valence-electron chi connectivity index (χ0n) is 27.0. The molecule has 2 bridgehead atoms. The smallest absolute Gasteiger partial charge is 0.145 e. The van der Waals surface area contributed by atoms with Gasteiger partial charge in [-0.2, -0.15) is 0 Å². The zero-order valence-corrected chi connectivity index (χ0v) is 29.0. The monoisotopic (exact) mass is 546 g/mol. The first-order valence-electron chi connectivity index (χ1n) is 15.4. The Morgan fingerprint density at radius 2 is 1.11 bits per heavy atom. The summed E-state index contributed by atoms with van der Waals surface area (Å²) in [7, 11) is 0.361. The Morgan fingerprint density at radius 1 is 0.676 bits per heavy atom. The molecule has 0 heterocycles. The second-order valence-electron chi connectivity index (χ2n) is 14.4. The van der Waals surface area contributed by atoms with Gasteiger partial charge in [-0.05, 0) is 69.3 Å². The predicted molar refractivity (Wildman–Crippen MR) is 168 cm³/mol. The van der Waals surface area contributed by atoms with Gasteiger partial charge in [0.05, 0.1) is 8.07 Å². The van der Waals surface area contributed by atoms with Crippen LogP contribution in [-0.2, 0) is 9.47 Å². The van der Waals surface area contributed by atoms with Crippen molar-refractivity contribution < 1.29 is 9.47 Å². The summed E-state index contributed by atoms with van der Waals surface area (Å²) in [6, 6.07) is 0. The number of methoxy groups -OCH3 is 2. The molecule has 0 aromatic heterocycles. The van der Waals surface area contributed by atoms with Crippen LogP contribution in [0.5, 0.6) is 0 Å². The van der Waals surface area contributed by atoms with Gasteiger partial charge < -0.3 is 9.47 Å². The summed E-state index contributed by atoms with van der Waals surface area (Å²) in [4.78, 5) is 0. The highest BCUT2D eigenvalue weighted by Gasteiger charge is 2.57. The number of hydrogen-bond donors (Lipinski definition) is 0. The molecule has 37 heavy (non-hydrogen) atoms. The fourth-order valence-electron chi connectivity index (χ4n) is 9.55. The maximum absolute atomic E-state index is 5.81. The highest BCUT2D eigenvalue weighted by Crippen LogP contribution is 2.59. The van der Waals surface area contributed by atoms with Crippen LogP contribution >= 0.6 is 0 Å². The Balaban J connectivity index is 2.65. The lowest BCUT2D eigenvalue weighted by atomic mass is 9.69. The van der Waals surface area contributed by atoms with E-state index in [9.17, 15) is 0 Å². The highest BCUT2D eigenvalue weighted by molar-refractivity contribution is 6.90. The second kappa shape index (κ2) is 13.3. The van der Waals surface area contributed by atoms with Crippen LogP contribution in [0.2, 0.25) is 33.2 Å². The van der Waals surface area contributed by atoms with Gasteiger partial charge in [-0.1, -0.05) is 94.9 Å². The summed E-state index contributed by atoms with van der Waals surface area (Å²) >= 11 is 0. The molecule has 0 aromatic rings. The van der Waals surface area contributed by atoms with E-state index in [1.54, 1.807) is 0 Å².